The molecule has 0 bridgehead atoms. The zero-order valence-electron chi connectivity index (χ0n) is 11.8. The largest absolute Gasteiger partial charge is 0.497 e. The quantitative estimate of drug-likeness (QED) is 0.871. The first-order valence-electron chi connectivity index (χ1n) is 6.79. The number of carbonyl (C=O) groups excluding carboxylic acids is 1. The minimum Gasteiger partial charge on any atom is -0.497 e. The van der Waals surface area contributed by atoms with Crippen molar-refractivity contribution in [3.8, 4) is 5.75 Å². The van der Waals surface area contributed by atoms with E-state index in [0.717, 1.165) is 24.3 Å². The molecule has 1 amide bonds. The van der Waals surface area contributed by atoms with Crippen LogP contribution in [-0.2, 0) is 4.79 Å². The van der Waals surface area contributed by atoms with E-state index in [0.29, 0.717) is 5.92 Å². The molecule has 2 rings (SSSR count). The molecule has 1 heterocycles. The highest BCUT2D eigenvalue weighted by atomic mass is 16.5. The maximum atomic E-state index is 12.2. The van der Waals surface area contributed by atoms with Crippen molar-refractivity contribution in [1.29, 1.82) is 0 Å². The van der Waals surface area contributed by atoms with Crippen LogP contribution in [0.1, 0.15) is 31.9 Å². The highest BCUT2D eigenvalue weighted by Gasteiger charge is 2.29. The second-order valence-corrected chi connectivity index (χ2v) is 5.20. The molecule has 104 valence electrons. The molecule has 1 aliphatic heterocycles. The standard InChI is InChI=1S/C15H22N2O2/c1-10-8-9-16-14(10)15(18)17-11(2)12-4-6-13(19-3)7-5-12/h4-7,10-11,14,16H,8-9H2,1-3H3,(H,17,18). The third-order valence-electron chi connectivity index (χ3n) is 3.79. The summed E-state index contributed by atoms with van der Waals surface area (Å²) in [5, 5.41) is 6.31. The van der Waals surface area contributed by atoms with Gasteiger partial charge in [-0.15, -0.1) is 0 Å². The maximum Gasteiger partial charge on any atom is 0.237 e. The Morgan fingerprint density at radius 1 is 1.42 bits per heavy atom. The Kier molecular flexibility index (Phi) is 4.43. The highest BCUT2D eigenvalue weighted by molar-refractivity contribution is 5.82. The number of rotatable bonds is 4. The van der Waals surface area contributed by atoms with Gasteiger partial charge in [0.05, 0.1) is 19.2 Å². The van der Waals surface area contributed by atoms with E-state index in [2.05, 4.69) is 17.6 Å². The van der Waals surface area contributed by atoms with Crippen LogP contribution in [0, 0.1) is 5.92 Å². The van der Waals surface area contributed by atoms with Gasteiger partial charge in [-0.05, 0) is 43.5 Å². The molecule has 1 fully saturated rings. The molecule has 3 atom stereocenters. The van der Waals surface area contributed by atoms with Gasteiger partial charge >= 0.3 is 0 Å². The number of amides is 1. The van der Waals surface area contributed by atoms with Crippen molar-refractivity contribution in [2.75, 3.05) is 13.7 Å². The summed E-state index contributed by atoms with van der Waals surface area (Å²) in [5.74, 6) is 1.32. The van der Waals surface area contributed by atoms with Crippen LogP contribution in [-0.4, -0.2) is 25.6 Å². The Morgan fingerprint density at radius 2 is 2.11 bits per heavy atom. The Balaban J connectivity index is 1.95. The molecular formula is C15H22N2O2. The van der Waals surface area contributed by atoms with Gasteiger partial charge < -0.3 is 15.4 Å². The van der Waals surface area contributed by atoms with Gasteiger partial charge in [0.15, 0.2) is 0 Å². The molecule has 0 aromatic heterocycles. The lowest BCUT2D eigenvalue weighted by atomic mass is 10.0. The van der Waals surface area contributed by atoms with Gasteiger partial charge in [-0.1, -0.05) is 19.1 Å². The molecule has 4 heteroatoms. The lowest BCUT2D eigenvalue weighted by Gasteiger charge is -2.20. The van der Waals surface area contributed by atoms with Crippen molar-refractivity contribution in [2.45, 2.75) is 32.4 Å². The number of benzene rings is 1. The third kappa shape index (κ3) is 3.26. The molecular weight excluding hydrogens is 240 g/mol. The molecule has 1 aliphatic rings. The van der Waals surface area contributed by atoms with E-state index in [-0.39, 0.29) is 18.0 Å². The molecule has 3 unspecified atom stereocenters. The molecule has 0 spiro atoms. The average molecular weight is 262 g/mol. The fraction of sp³-hybridized carbons (Fsp3) is 0.533. The normalized spacial score (nSPS) is 23.9. The van der Waals surface area contributed by atoms with E-state index in [1.165, 1.54) is 0 Å². The summed E-state index contributed by atoms with van der Waals surface area (Å²) in [7, 11) is 1.65. The number of ether oxygens (including phenoxy) is 1. The van der Waals surface area contributed by atoms with Crippen LogP contribution in [0.15, 0.2) is 24.3 Å². The summed E-state index contributed by atoms with van der Waals surface area (Å²) in [6, 6.07) is 7.74. The molecule has 0 radical (unpaired) electrons. The topological polar surface area (TPSA) is 50.4 Å². The van der Waals surface area contributed by atoms with Crippen molar-refractivity contribution in [2.24, 2.45) is 5.92 Å². The predicted octanol–water partition coefficient (Wildman–Crippen LogP) is 1.87. The molecule has 2 N–H and O–H groups in total. The van der Waals surface area contributed by atoms with E-state index >= 15 is 0 Å². The summed E-state index contributed by atoms with van der Waals surface area (Å²) >= 11 is 0. The van der Waals surface area contributed by atoms with E-state index in [1.54, 1.807) is 7.11 Å². The van der Waals surface area contributed by atoms with E-state index in [1.807, 2.05) is 31.2 Å². The molecule has 19 heavy (non-hydrogen) atoms. The first kappa shape index (κ1) is 13.9. The monoisotopic (exact) mass is 262 g/mol. The van der Waals surface area contributed by atoms with Crippen LogP contribution in [0.3, 0.4) is 0 Å². The summed E-state index contributed by atoms with van der Waals surface area (Å²) in [6.45, 7) is 5.04. The van der Waals surface area contributed by atoms with Crippen molar-refractivity contribution < 1.29 is 9.53 Å². The predicted molar refractivity (Wildman–Crippen MR) is 75.1 cm³/mol. The summed E-state index contributed by atoms with van der Waals surface area (Å²) in [4.78, 5) is 12.2. The van der Waals surface area contributed by atoms with Crippen LogP contribution in [0.25, 0.3) is 0 Å². The first-order valence-corrected chi connectivity index (χ1v) is 6.79. The minimum atomic E-state index is -0.0549. The summed E-state index contributed by atoms with van der Waals surface area (Å²) < 4.78 is 5.13. The highest BCUT2D eigenvalue weighted by Crippen LogP contribution is 2.19. The maximum absolute atomic E-state index is 12.2. The van der Waals surface area contributed by atoms with Crippen molar-refractivity contribution in [3.05, 3.63) is 29.8 Å². The molecule has 0 aliphatic carbocycles. The molecule has 0 saturated carbocycles. The third-order valence-corrected chi connectivity index (χ3v) is 3.79. The van der Waals surface area contributed by atoms with Crippen LogP contribution in [0.2, 0.25) is 0 Å². The van der Waals surface area contributed by atoms with Gasteiger partial charge in [-0.3, -0.25) is 4.79 Å². The SMILES string of the molecule is COc1ccc(C(C)NC(=O)C2NCCC2C)cc1. The fourth-order valence-electron chi connectivity index (χ4n) is 2.46. The van der Waals surface area contributed by atoms with Crippen LogP contribution in [0.5, 0.6) is 5.75 Å². The van der Waals surface area contributed by atoms with Gasteiger partial charge in [0.2, 0.25) is 5.91 Å². The van der Waals surface area contributed by atoms with Crippen molar-refractivity contribution in [1.82, 2.24) is 10.6 Å². The van der Waals surface area contributed by atoms with Crippen LogP contribution in [0.4, 0.5) is 0 Å². The minimum absolute atomic E-state index is 0.00741. The number of nitrogens with one attached hydrogen (secondary N) is 2. The van der Waals surface area contributed by atoms with E-state index < -0.39 is 0 Å². The van der Waals surface area contributed by atoms with Crippen molar-refractivity contribution in [3.63, 3.8) is 0 Å². The summed E-state index contributed by atoms with van der Waals surface area (Å²) in [6.07, 6.45) is 1.06. The molecule has 1 aromatic carbocycles. The molecule has 4 nitrogen and oxygen atoms in total. The zero-order chi connectivity index (χ0) is 13.8. The average Bonchev–Trinajstić information content (AvgIpc) is 2.85. The van der Waals surface area contributed by atoms with E-state index in [9.17, 15) is 4.79 Å². The molecule has 1 saturated heterocycles. The van der Waals surface area contributed by atoms with Gasteiger partial charge in [0, 0.05) is 0 Å². The Bertz CT molecular complexity index is 430. The number of carbonyl (C=O) groups is 1. The van der Waals surface area contributed by atoms with Gasteiger partial charge in [0.1, 0.15) is 5.75 Å². The van der Waals surface area contributed by atoms with Gasteiger partial charge in [-0.2, -0.15) is 0 Å². The lowest BCUT2D eigenvalue weighted by Crippen LogP contribution is -2.44. The number of hydrogen-bond acceptors (Lipinski definition) is 3. The fourth-order valence-corrected chi connectivity index (χ4v) is 2.46. The Morgan fingerprint density at radius 3 is 2.63 bits per heavy atom. The Labute approximate surface area is 114 Å². The summed E-state index contributed by atoms with van der Waals surface area (Å²) in [5.41, 5.74) is 1.08. The van der Waals surface area contributed by atoms with Gasteiger partial charge in [0.25, 0.3) is 0 Å². The number of hydrogen-bond donors (Lipinski definition) is 2. The smallest absolute Gasteiger partial charge is 0.237 e. The van der Waals surface area contributed by atoms with Gasteiger partial charge in [-0.25, -0.2) is 0 Å². The van der Waals surface area contributed by atoms with E-state index in [4.69, 9.17) is 4.74 Å². The van der Waals surface area contributed by atoms with Crippen LogP contribution < -0.4 is 15.4 Å². The first-order chi connectivity index (χ1) is 9.11. The second kappa shape index (κ2) is 6.06. The second-order valence-electron chi connectivity index (χ2n) is 5.20. The lowest BCUT2D eigenvalue weighted by molar-refractivity contribution is -0.124. The van der Waals surface area contributed by atoms with Crippen LogP contribution >= 0.6 is 0 Å². The van der Waals surface area contributed by atoms with Crippen molar-refractivity contribution >= 4 is 5.91 Å². The zero-order valence-corrected chi connectivity index (χ0v) is 11.8. The molecule has 1 aromatic rings. The Hall–Kier alpha value is -1.55. The number of methoxy groups -OCH3 is 1.